The van der Waals surface area contributed by atoms with Crippen molar-refractivity contribution in [1.82, 2.24) is 4.98 Å². The molecule has 0 atom stereocenters. The zero-order valence-corrected chi connectivity index (χ0v) is 16.9. The molecule has 0 spiro atoms. The molecule has 1 amide bonds. The number of carbonyl (C=O) groups excluding carboxylic acids is 1. The zero-order chi connectivity index (χ0) is 19.6. The van der Waals surface area contributed by atoms with Crippen molar-refractivity contribution in [1.29, 1.82) is 0 Å². The Kier molecular flexibility index (Phi) is 5.57. The maximum Gasteiger partial charge on any atom is 0.257 e. The second-order valence-electron chi connectivity index (χ2n) is 6.23. The van der Waals surface area contributed by atoms with E-state index in [-0.39, 0.29) is 22.3 Å². The summed E-state index contributed by atoms with van der Waals surface area (Å²) in [5.41, 5.74) is 3.86. The number of amides is 1. The number of sulfone groups is 1. The Labute approximate surface area is 162 Å². The SMILES string of the molecule is CCS(=O)(=O)c1ccc2oc(SCC(=O)Nc3cc(C)cc(C)c3)nc2c1. The number of thioether (sulfide) groups is 1. The molecule has 0 aliphatic heterocycles. The van der Waals surface area contributed by atoms with Crippen LogP contribution in [0.5, 0.6) is 0 Å². The Bertz CT molecular complexity index is 1080. The second-order valence-corrected chi connectivity index (χ2v) is 9.43. The van der Waals surface area contributed by atoms with Gasteiger partial charge in [0.1, 0.15) is 5.52 Å². The van der Waals surface area contributed by atoms with Crippen LogP contribution in [0.3, 0.4) is 0 Å². The average Bonchev–Trinajstić information content (AvgIpc) is 3.01. The molecule has 6 nitrogen and oxygen atoms in total. The van der Waals surface area contributed by atoms with Crippen LogP contribution in [-0.2, 0) is 14.6 Å². The molecule has 0 bridgehead atoms. The van der Waals surface area contributed by atoms with E-state index in [0.717, 1.165) is 28.6 Å². The molecule has 0 aliphatic rings. The predicted molar refractivity (Wildman–Crippen MR) is 107 cm³/mol. The number of anilines is 1. The Morgan fingerprint density at radius 3 is 2.52 bits per heavy atom. The van der Waals surface area contributed by atoms with E-state index < -0.39 is 9.84 Å². The van der Waals surface area contributed by atoms with Crippen molar-refractivity contribution in [3.05, 3.63) is 47.5 Å². The maximum absolute atomic E-state index is 12.2. The number of benzene rings is 2. The maximum atomic E-state index is 12.2. The van der Waals surface area contributed by atoms with Gasteiger partial charge in [0.2, 0.25) is 5.91 Å². The summed E-state index contributed by atoms with van der Waals surface area (Å²) in [5, 5.41) is 3.18. The fourth-order valence-corrected chi connectivity index (χ4v) is 4.22. The first kappa shape index (κ1) is 19.4. The summed E-state index contributed by atoms with van der Waals surface area (Å²) in [7, 11) is -3.30. The number of hydrogen-bond acceptors (Lipinski definition) is 6. The number of oxazole rings is 1. The van der Waals surface area contributed by atoms with Gasteiger partial charge in [-0.05, 0) is 55.3 Å². The van der Waals surface area contributed by atoms with Crippen molar-refractivity contribution in [2.75, 3.05) is 16.8 Å². The van der Waals surface area contributed by atoms with Gasteiger partial charge in [0.25, 0.3) is 5.22 Å². The molecule has 1 N–H and O–H groups in total. The van der Waals surface area contributed by atoms with Gasteiger partial charge in [0.05, 0.1) is 16.4 Å². The molecule has 0 aliphatic carbocycles. The van der Waals surface area contributed by atoms with Crippen LogP contribution >= 0.6 is 11.8 Å². The van der Waals surface area contributed by atoms with Gasteiger partial charge in [-0.2, -0.15) is 0 Å². The molecule has 0 radical (unpaired) electrons. The van der Waals surface area contributed by atoms with Gasteiger partial charge in [-0.3, -0.25) is 4.79 Å². The molecule has 0 unspecified atom stereocenters. The van der Waals surface area contributed by atoms with Gasteiger partial charge in [0.15, 0.2) is 15.4 Å². The highest BCUT2D eigenvalue weighted by atomic mass is 32.2. The number of rotatable bonds is 6. The van der Waals surface area contributed by atoms with Crippen LogP contribution in [0.1, 0.15) is 18.1 Å². The van der Waals surface area contributed by atoms with Gasteiger partial charge in [0, 0.05) is 5.69 Å². The van der Waals surface area contributed by atoms with Crippen molar-refractivity contribution in [2.24, 2.45) is 0 Å². The first-order chi connectivity index (χ1) is 12.8. The van der Waals surface area contributed by atoms with E-state index in [9.17, 15) is 13.2 Å². The highest BCUT2D eigenvalue weighted by Gasteiger charge is 2.15. The molecular weight excluding hydrogens is 384 g/mol. The van der Waals surface area contributed by atoms with Crippen LogP contribution in [0.15, 0.2) is 50.9 Å². The number of fused-ring (bicyclic) bond motifs is 1. The van der Waals surface area contributed by atoms with Crippen LogP contribution in [-0.4, -0.2) is 30.8 Å². The van der Waals surface area contributed by atoms with Crippen LogP contribution < -0.4 is 5.32 Å². The lowest BCUT2D eigenvalue weighted by Gasteiger charge is -2.06. The highest BCUT2D eigenvalue weighted by Crippen LogP contribution is 2.26. The minimum absolute atomic E-state index is 0.0244. The summed E-state index contributed by atoms with van der Waals surface area (Å²) in [5.74, 6) is -0.00208. The monoisotopic (exact) mass is 404 g/mol. The van der Waals surface area contributed by atoms with Crippen molar-refractivity contribution >= 4 is 44.3 Å². The van der Waals surface area contributed by atoms with E-state index >= 15 is 0 Å². The number of aromatic nitrogens is 1. The Balaban J connectivity index is 1.68. The number of carbonyl (C=O) groups is 1. The van der Waals surface area contributed by atoms with Crippen molar-refractivity contribution in [2.45, 2.75) is 30.9 Å². The summed E-state index contributed by atoms with van der Waals surface area (Å²) in [6.45, 7) is 5.55. The van der Waals surface area contributed by atoms with Crippen molar-refractivity contribution in [3.63, 3.8) is 0 Å². The normalized spacial score (nSPS) is 11.7. The highest BCUT2D eigenvalue weighted by molar-refractivity contribution is 7.99. The molecule has 0 fully saturated rings. The molecule has 0 saturated heterocycles. The van der Waals surface area contributed by atoms with Crippen LogP contribution in [0.25, 0.3) is 11.1 Å². The van der Waals surface area contributed by atoms with E-state index in [2.05, 4.69) is 10.3 Å². The molecule has 3 aromatic rings. The Hall–Kier alpha value is -2.32. The van der Waals surface area contributed by atoms with Crippen LogP contribution in [0, 0.1) is 13.8 Å². The average molecular weight is 405 g/mol. The fourth-order valence-electron chi connectivity index (χ4n) is 2.68. The molecule has 1 heterocycles. The van der Waals surface area contributed by atoms with E-state index in [4.69, 9.17) is 4.42 Å². The number of nitrogens with zero attached hydrogens (tertiary/aromatic N) is 1. The topological polar surface area (TPSA) is 89.3 Å². The summed E-state index contributed by atoms with van der Waals surface area (Å²) in [6, 6.07) is 10.4. The standard InChI is InChI=1S/C19H20N2O4S2/c1-4-27(23,24)15-5-6-17-16(10-15)21-19(25-17)26-11-18(22)20-14-8-12(2)7-13(3)9-14/h5-10H,4,11H2,1-3H3,(H,20,22). The van der Waals surface area contributed by atoms with E-state index in [1.165, 1.54) is 12.1 Å². The first-order valence-corrected chi connectivity index (χ1v) is 11.0. The Morgan fingerprint density at radius 1 is 1.15 bits per heavy atom. The van der Waals surface area contributed by atoms with Gasteiger partial charge >= 0.3 is 0 Å². The molecule has 1 aromatic heterocycles. The smallest absolute Gasteiger partial charge is 0.257 e. The lowest BCUT2D eigenvalue weighted by atomic mass is 10.1. The minimum Gasteiger partial charge on any atom is -0.431 e. The van der Waals surface area contributed by atoms with E-state index in [1.807, 2.05) is 32.0 Å². The first-order valence-electron chi connectivity index (χ1n) is 8.41. The molecule has 2 aromatic carbocycles. The van der Waals surface area contributed by atoms with Gasteiger partial charge in [-0.15, -0.1) is 0 Å². The van der Waals surface area contributed by atoms with Gasteiger partial charge < -0.3 is 9.73 Å². The van der Waals surface area contributed by atoms with E-state index in [1.54, 1.807) is 13.0 Å². The third-order valence-corrected chi connectivity index (χ3v) is 6.47. The molecule has 3 rings (SSSR count). The van der Waals surface area contributed by atoms with Gasteiger partial charge in [-0.1, -0.05) is 24.8 Å². The van der Waals surface area contributed by atoms with Gasteiger partial charge in [-0.25, -0.2) is 13.4 Å². The lowest BCUT2D eigenvalue weighted by molar-refractivity contribution is -0.113. The third kappa shape index (κ3) is 4.70. The number of aryl methyl sites for hydroxylation is 2. The Morgan fingerprint density at radius 2 is 1.85 bits per heavy atom. The van der Waals surface area contributed by atoms with Crippen LogP contribution in [0.4, 0.5) is 5.69 Å². The summed E-state index contributed by atoms with van der Waals surface area (Å²) in [6.07, 6.45) is 0. The number of hydrogen-bond donors (Lipinski definition) is 1. The van der Waals surface area contributed by atoms with Crippen molar-refractivity contribution < 1.29 is 17.6 Å². The van der Waals surface area contributed by atoms with Crippen molar-refractivity contribution in [3.8, 4) is 0 Å². The van der Waals surface area contributed by atoms with E-state index in [0.29, 0.717) is 16.3 Å². The van der Waals surface area contributed by atoms with Crippen LogP contribution in [0.2, 0.25) is 0 Å². The molecule has 27 heavy (non-hydrogen) atoms. The largest absolute Gasteiger partial charge is 0.431 e. The zero-order valence-electron chi connectivity index (χ0n) is 15.3. The summed E-state index contributed by atoms with van der Waals surface area (Å²) >= 11 is 1.16. The second kappa shape index (κ2) is 7.74. The third-order valence-electron chi connectivity index (χ3n) is 3.91. The number of nitrogens with one attached hydrogen (secondary N) is 1. The molecule has 142 valence electrons. The fraction of sp³-hybridized carbons (Fsp3) is 0.263. The molecule has 0 saturated carbocycles. The summed E-state index contributed by atoms with van der Waals surface area (Å²) < 4.78 is 29.5. The molecular formula is C19H20N2O4S2. The summed E-state index contributed by atoms with van der Waals surface area (Å²) in [4.78, 5) is 16.7. The molecule has 8 heteroatoms. The lowest BCUT2D eigenvalue weighted by Crippen LogP contribution is -2.14. The minimum atomic E-state index is -3.30. The quantitative estimate of drug-likeness (QED) is 0.625. The predicted octanol–water partition coefficient (Wildman–Crippen LogP) is 3.97.